The molecule has 0 bridgehead atoms. The number of rotatable bonds is 13. The SMILES string of the molecule is O=C(O)C(=Cc1sc2cc(OCc3ccc(-c4ccccc4)cc3)c(OCc3ccc(-c4ccccc4)cc3)cc2c1Oc1cccc(F)c1)c1ccncc1. The number of hydrogen-bond acceptors (Lipinski definition) is 6. The average molecular weight is 756 g/mol. The summed E-state index contributed by atoms with van der Waals surface area (Å²) >= 11 is 1.34. The summed E-state index contributed by atoms with van der Waals surface area (Å²) in [4.78, 5) is 17.1. The largest absolute Gasteiger partial charge is 0.485 e. The predicted molar refractivity (Wildman–Crippen MR) is 220 cm³/mol. The van der Waals surface area contributed by atoms with E-state index in [9.17, 15) is 14.3 Å². The zero-order valence-electron chi connectivity index (χ0n) is 30.0. The highest BCUT2D eigenvalue weighted by Gasteiger charge is 2.21. The molecule has 2 heterocycles. The Labute approximate surface area is 327 Å². The molecule has 6 nitrogen and oxygen atoms in total. The van der Waals surface area contributed by atoms with E-state index >= 15 is 0 Å². The van der Waals surface area contributed by atoms with E-state index in [0.717, 1.165) is 38.1 Å². The van der Waals surface area contributed by atoms with E-state index in [0.29, 0.717) is 33.1 Å². The average Bonchev–Trinajstić information content (AvgIpc) is 3.57. The lowest BCUT2D eigenvalue weighted by atomic mass is 10.0. The minimum absolute atomic E-state index is 0.0499. The van der Waals surface area contributed by atoms with E-state index in [1.807, 2.05) is 72.8 Å². The van der Waals surface area contributed by atoms with Crippen molar-refractivity contribution in [2.24, 2.45) is 0 Å². The Morgan fingerprint density at radius 1 is 0.643 bits per heavy atom. The number of benzene rings is 6. The molecule has 8 heteroatoms. The van der Waals surface area contributed by atoms with Crippen LogP contribution in [0.1, 0.15) is 21.6 Å². The van der Waals surface area contributed by atoms with Crippen LogP contribution in [-0.2, 0) is 18.0 Å². The molecular weight excluding hydrogens is 722 g/mol. The molecule has 0 amide bonds. The Kier molecular flexibility index (Phi) is 10.6. The smallest absolute Gasteiger partial charge is 0.336 e. The summed E-state index contributed by atoms with van der Waals surface area (Å²) in [5, 5.41) is 10.9. The van der Waals surface area contributed by atoms with Gasteiger partial charge in [-0.1, -0.05) is 115 Å². The molecule has 0 unspecified atom stereocenters. The van der Waals surface area contributed by atoms with Crippen LogP contribution in [0.25, 0.3) is 44.0 Å². The molecule has 0 atom stereocenters. The van der Waals surface area contributed by atoms with Crippen LogP contribution in [0, 0.1) is 5.82 Å². The molecule has 0 fully saturated rings. The first-order valence-electron chi connectivity index (χ1n) is 17.9. The van der Waals surface area contributed by atoms with Gasteiger partial charge >= 0.3 is 5.97 Å². The number of aliphatic carboxylic acids is 1. The maximum atomic E-state index is 14.4. The standard InChI is InChI=1S/C48H34FNO5S/c49-39-12-7-13-40(26-39)55-47-42-27-43(53-30-32-14-18-36(19-15-32)34-8-3-1-4-9-34)44(54-31-33-16-20-37(21-17-33)35-10-5-2-6-11-35)29-45(42)56-46(47)28-41(48(51)52)38-22-24-50-25-23-38/h1-29H,30-31H2,(H,51,52). The van der Waals surface area contributed by atoms with Crippen LogP contribution in [-0.4, -0.2) is 16.1 Å². The first kappa shape index (κ1) is 36.0. The van der Waals surface area contributed by atoms with Crippen molar-refractivity contribution in [3.63, 3.8) is 0 Å². The number of hydrogen-bond donors (Lipinski definition) is 1. The van der Waals surface area contributed by atoms with Crippen LogP contribution >= 0.6 is 11.3 Å². The number of nitrogens with zero attached hydrogens (tertiary/aromatic N) is 1. The minimum Gasteiger partial charge on any atom is -0.485 e. The third kappa shape index (κ3) is 8.36. The van der Waals surface area contributed by atoms with Gasteiger partial charge < -0.3 is 19.3 Å². The second kappa shape index (κ2) is 16.5. The van der Waals surface area contributed by atoms with Gasteiger partial charge in [0.25, 0.3) is 0 Å². The summed E-state index contributed by atoms with van der Waals surface area (Å²) in [6.07, 6.45) is 4.65. The topological polar surface area (TPSA) is 77.9 Å². The minimum atomic E-state index is -1.12. The van der Waals surface area contributed by atoms with Crippen molar-refractivity contribution in [1.29, 1.82) is 0 Å². The highest BCUT2D eigenvalue weighted by atomic mass is 32.1. The Morgan fingerprint density at radius 2 is 1.20 bits per heavy atom. The lowest BCUT2D eigenvalue weighted by Gasteiger charge is -2.15. The summed E-state index contributed by atoms with van der Waals surface area (Å²) in [7, 11) is 0. The molecule has 0 aliphatic rings. The van der Waals surface area contributed by atoms with Crippen LogP contribution in [0.3, 0.4) is 0 Å². The Bertz CT molecular complexity index is 2630. The summed E-state index contributed by atoms with van der Waals surface area (Å²) < 4.78 is 34.5. The molecule has 1 N–H and O–H groups in total. The number of pyridine rings is 1. The van der Waals surface area contributed by atoms with Crippen LogP contribution in [0.2, 0.25) is 0 Å². The van der Waals surface area contributed by atoms with Gasteiger partial charge in [-0.2, -0.15) is 0 Å². The van der Waals surface area contributed by atoms with Gasteiger partial charge in [0.05, 0.1) is 10.5 Å². The number of carbonyl (C=O) groups is 1. The maximum Gasteiger partial charge on any atom is 0.336 e. The fraction of sp³-hybridized carbons (Fsp3) is 0.0417. The van der Waals surface area contributed by atoms with Crippen molar-refractivity contribution >= 4 is 39.0 Å². The molecule has 0 radical (unpaired) electrons. The summed E-state index contributed by atoms with van der Waals surface area (Å²) in [5.41, 5.74) is 6.92. The van der Waals surface area contributed by atoms with Gasteiger partial charge in [-0.25, -0.2) is 9.18 Å². The Hall–Kier alpha value is -7.03. The molecule has 0 saturated heterocycles. The molecule has 6 aromatic carbocycles. The number of halogens is 1. The second-order valence-electron chi connectivity index (χ2n) is 13.0. The second-order valence-corrected chi connectivity index (χ2v) is 14.0. The first-order chi connectivity index (χ1) is 27.5. The van der Waals surface area contributed by atoms with Gasteiger partial charge in [0.15, 0.2) is 17.2 Å². The number of ether oxygens (including phenoxy) is 3. The molecule has 0 aliphatic carbocycles. The van der Waals surface area contributed by atoms with Crippen molar-refractivity contribution in [3.05, 3.63) is 198 Å². The lowest BCUT2D eigenvalue weighted by Crippen LogP contribution is -2.01. The Morgan fingerprint density at radius 3 is 1.75 bits per heavy atom. The van der Waals surface area contributed by atoms with E-state index in [-0.39, 0.29) is 24.5 Å². The quantitative estimate of drug-likeness (QED) is 0.118. The van der Waals surface area contributed by atoms with Crippen molar-refractivity contribution < 1.29 is 28.5 Å². The Balaban J connectivity index is 1.18. The molecule has 8 aromatic rings. The molecular formula is C48H34FNO5S. The van der Waals surface area contributed by atoms with Crippen LogP contribution < -0.4 is 14.2 Å². The zero-order valence-corrected chi connectivity index (χ0v) is 30.8. The van der Waals surface area contributed by atoms with Crippen molar-refractivity contribution in [1.82, 2.24) is 4.98 Å². The zero-order chi connectivity index (χ0) is 38.3. The number of fused-ring (bicyclic) bond motifs is 1. The summed E-state index contributed by atoms with van der Waals surface area (Å²) in [6, 6.07) is 49.6. The monoisotopic (exact) mass is 755 g/mol. The molecule has 0 spiro atoms. The summed E-state index contributed by atoms with van der Waals surface area (Å²) in [6.45, 7) is 0.531. The number of thiophene rings is 1. The van der Waals surface area contributed by atoms with Gasteiger partial charge in [-0.15, -0.1) is 11.3 Å². The normalized spacial score (nSPS) is 11.3. The molecule has 274 valence electrons. The van der Waals surface area contributed by atoms with Gasteiger partial charge in [-0.3, -0.25) is 4.98 Å². The van der Waals surface area contributed by atoms with Crippen molar-refractivity contribution in [3.8, 4) is 45.3 Å². The van der Waals surface area contributed by atoms with E-state index in [1.165, 1.54) is 23.5 Å². The van der Waals surface area contributed by atoms with Crippen molar-refractivity contribution in [2.75, 3.05) is 0 Å². The van der Waals surface area contributed by atoms with Gasteiger partial charge in [0.1, 0.15) is 24.8 Å². The number of carboxylic acids is 1. The molecule has 56 heavy (non-hydrogen) atoms. The van der Waals surface area contributed by atoms with E-state index in [4.69, 9.17) is 14.2 Å². The third-order valence-electron chi connectivity index (χ3n) is 9.16. The van der Waals surface area contributed by atoms with Crippen LogP contribution in [0.4, 0.5) is 4.39 Å². The summed E-state index contributed by atoms with van der Waals surface area (Å²) in [5.74, 6) is 0.0265. The highest BCUT2D eigenvalue weighted by Crippen LogP contribution is 2.47. The van der Waals surface area contributed by atoms with E-state index in [1.54, 1.807) is 42.7 Å². The fourth-order valence-corrected chi connectivity index (χ4v) is 7.36. The first-order valence-corrected chi connectivity index (χ1v) is 18.7. The number of aromatic nitrogens is 1. The number of carboxylic acid groups (broad SMARTS) is 1. The maximum absolute atomic E-state index is 14.4. The third-order valence-corrected chi connectivity index (χ3v) is 10.2. The molecule has 8 rings (SSSR count). The lowest BCUT2D eigenvalue weighted by molar-refractivity contribution is -0.130. The van der Waals surface area contributed by atoms with Crippen molar-refractivity contribution in [2.45, 2.75) is 13.2 Å². The fourth-order valence-electron chi connectivity index (χ4n) is 6.28. The molecule has 2 aromatic heterocycles. The van der Waals surface area contributed by atoms with Gasteiger partial charge in [0, 0.05) is 34.6 Å². The molecule has 0 saturated carbocycles. The van der Waals surface area contributed by atoms with Crippen LogP contribution in [0.15, 0.2) is 170 Å². The van der Waals surface area contributed by atoms with Gasteiger partial charge in [-0.05, 0) is 75.4 Å². The van der Waals surface area contributed by atoms with Crippen LogP contribution in [0.5, 0.6) is 23.0 Å². The predicted octanol–water partition coefficient (Wildman–Crippen LogP) is 12.3. The van der Waals surface area contributed by atoms with E-state index < -0.39 is 11.8 Å². The highest BCUT2D eigenvalue weighted by molar-refractivity contribution is 7.20. The molecule has 0 aliphatic heterocycles. The van der Waals surface area contributed by atoms with Gasteiger partial charge in [0.2, 0.25) is 0 Å². The van der Waals surface area contributed by atoms with E-state index in [2.05, 4.69) is 53.5 Å².